The summed E-state index contributed by atoms with van der Waals surface area (Å²) >= 11 is 0. The summed E-state index contributed by atoms with van der Waals surface area (Å²) in [7, 11) is 3.53. The van der Waals surface area contributed by atoms with E-state index in [2.05, 4.69) is 9.80 Å². The molecule has 0 unspecified atom stereocenters. The third kappa shape index (κ3) is 3.71. The SMILES string of the molecule is CN(C)C(=O)N1CC2(CCN(C3CCN(C(=O)C4CC4)CC3)CC2)c2cc(F)ccc21. The van der Waals surface area contributed by atoms with Crippen LogP contribution in [0.5, 0.6) is 0 Å². The van der Waals surface area contributed by atoms with Gasteiger partial charge in [-0.3, -0.25) is 9.69 Å². The number of urea groups is 1. The number of halogens is 1. The highest BCUT2D eigenvalue weighted by Gasteiger charge is 2.47. The predicted molar refractivity (Wildman–Crippen MR) is 118 cm³/mol. The number of fused-ring (bicyclic) bond motifs is 2. The number of anilines is 1. The maximum atomic E-state index is 14.2. The predicted octanol–water partition coefficient (Wildman–Crippen LogP) is 3.06. The second-order valence-electron chi connectivity index (χ2n) is 10.1. The molecule has 1 aromatic rings. The standard InChI is InChI=1S/C24H33FN4O2/c1-26(2)23(31)29-16-24(20-15-18(25)5-6-21(20)29)9-13-27(14-10-24)19-7-11-28(12-8-19)22(30)17-3-4-17/h5-6,15,17,19H,3-4,7-14,16H2,1-2H3. The average Bonchev–Trinajstić information content (AvgIpc) is 3.58. The molecule has 2 saturated heterocycles. The number of likely N-dealkylation sites (tertiary alicyclic amines) is 2. The number of carbonyl (C=O) groups excluding carboxylic acids is 2. The molecule has 0 bridgehead atoms. The molecule has 0 radical (unpaired) electrons. The summed E-state index contributed by atoms with van der Waals surface area (Å²) < 4.78 is 14.2. The van der Waals surface area contributed by atoms with E-state index in [-0.39, 0.29) is 17.3 Å². The fraction of sp³-hybridized carbons (Fsp3) is 0.667. The number of nitrogens with zero attached hydrogens (tertiary/aromatic N) is 4. The maximum Gasteiger partial charge on any atom is 0.323 e. The quantitative estimate of drug-likeness (QED) is 0.727. The smallest absolute Gasteiger partial charge is 0.323 e. The molecule has 1 saturated carbocycles. The van der Waals surface area contributed by atoms with Crippen LogP contribution in [0.3, 0.4) is 0 Å². The Morgan fingerprint density at radius 3 is 2.32 bits per heavy atom. The molecule has 6 nitrogen and oxygen atoms in total. The average molecular weight is 429 g/mol. The van der Waals surface area contributed by atoms with E-state index in [1.807, 2.05) is 4.90 Å². The Morgan fingerprint density at radius 1 is 1.03 bits per heavy atom. The Balaban J connectivity index is 1.26. The lowest BCUT2D eigenvalue weighted by molar-refractivity contribution is -0.134. The fourth-order valence-corrected chi connectivity index (χ4v) is 5.84. The van der Waals surface area contributed by atoms with Gasteiger partial charge in [0.15, 0.2) is 0 Å². The van der Waals surface area contributed by atoms with Crippen molar-refractivity contribution >= 4 is 17.6 Å². The van der Waals surface area contributed by atoms with Crippen molar-refractivity contribution in [2.24, 2.45) is 5.92 Å². The first-order valence-electron chi connectivity index (χ1n) is 11.7. The molecule has 168 valence electrons. The minimum absolute atomic E-state index is 0.0418. The highest BCUT2D eigenvalue weighted by atomic mass is 19.1. The van der Waals surface area contributed by atoms with Crippen LogP contribution in [0.2, 0.25) is 0 Å². The van der Waals surface area contributed by atoms with Crippen LogP contribution in [0.25, 0.3) is 0 Å². The Labute approximate surface area is 184 Å². The van der Waals surface area contributed by atoms with Crippen LogP contribution in [0.4, 0.5) is 14.9 Å². The highest BCUT2D eigenvalue weighted by molar-refractivity contribution is 5.95. The van der Waals surface area contributed by atoms with Crippen LogP contribution in [0.1, 0.15) is 44.1 Å². The van der Waals surface area contributed by atoms with Gasteiger partial charge in [0, 0.05) is 56.8 Å². The van der Waals surface area contributed by atoms with Gasteiger partial charge in [-0.15, -0.1) is 0 Å². The largest absolute Gasteiger partial charge is 0.342 e. The monoisotopic (exact) mass is 428 g/mol. The summed E-state index contributed by atoms with van der Waals surface area (Å²) in [5, 5.41) is 0. The number of hydrogen-bond acceptors (Lipinski definition) is 3. The maximum absolute atomic E-state index is 14.2. The van der Waals surface area contributed by atoms with E-state index in [1.54, 1.807) is 31.1 Å². The van der Waals surface area contributed by atoms with Gasteiger partial charge >= 0.3 is 6.03 Å². The summed E-state index contributed by atoms with van der Waals surface area (Å²) in [6, 6.07) is 5.35. The number of hydrogen-bond donors (Lipinski definition) is 0. The van der Waals surface area contributed by atoms with Gasteiger partial charge in [0.05, 0.1) is 0 Å². The minimum atomic E-state index is -0.229. The third-order valence-corrected chi connectivity index (χ3v) is 7.87. The molecule has 3 fully saturated rings. The topological polar surface area (TPSA) is 47.1 Å². The van der Waals surface area contributed by atoms with E-state index in [0.717, 1.165) is 76.0 Å². The van der Waals surface area contributed by atoms with Crippen molar-refractivity contribution in [3.05, 3.63) is 29.6 Å². The van der Waals surface area contributed by atoms with Crippen LogP contribution in [-0.4, -0.2) is 79.5 Å². The van der Waals surface area contributed by atoms with E-state index < -0.39 is 0 Å². The number of rotatable bonds is 2. The van der Waals surface area contributed by atoms with Crippen molar-refractivity contribution < 1.29 is 14.0 Å². The van der Waals surface area contributed by atoms with Gasteiger partial charge in [-0.2, -0.15) is 0 Å². The van der Waals surface area contributed by atoms with Crippen molar-refractivity contribution in [1.82, 2.24) is 14.7 Å². The number of amides is 3. The molecule has 0 N–H and O–H groups in total. The van der Waals surface area contributed by atoms with E-state index in [9.17, 15) is 14.0 Å². The Morgan fingerprint density at radius 2 is 1.71 bits per heavy atom. The molecule has 1 spiro atoms. The molecule has 3 heterocycles. The molecule has 0 atom stereocenters. The van der Waals surface area contributed by atoms with Crippen molar-refractivity contribution in [3.8, 4) is 0 Å². The van der Waals surface area contributed by atoms with Gasteiger partial charge in [0.1, 0.15) is 5.82 Å². The fourth-order valence-electron chi connectivity index (χ4n) is 5.84. The van der Waals surface area contributed by atoms with Gasteiger partial charge in [0.2, 0.25) is 5.91 Å². The summed E-state index contributed by atoms with van der Waals surface area (Å²) in [4.78, 5) is 33.2. The zero-order valence-electron chi connectivity index (χ0n) is 18.6. The molecule has 0 aromatic heterocycles. The molecule has 3 aliphatic heterocycles. The second-order valence-corrected chi connectivity index (χ2v) is 10.1. The molecule has 4 aliphatic rings. The van der Waals surface area contributed by atoms with E-state index >= 15 is 0 Å². The van der Waals surface area contributed by atoms with E-state index in [0.29, 0.717) is 24.4 Å². The Hall–Kier alpha value is -2.15. The summed E-state index contributed by atoms with van der Waals surface area (Å²) in [5.41, 5.74) is 1.69. The van der Waals surface area contributed by atoms with Crippen molar-refractivity contribution in [3.63, 3.8) is 0 Å². The van der Waals surface area contributed by atoms with Gasteiger partial charge in [0.25, 0.3) is 0 Å². The molecular formula is C24H33FN4O2. The highest BCUT2D eigenvalue weighted by Crippen LogP contribution is 2.48. The third-order valence-electron chi connectivity index (χ3n) is 7.87. The lowest BCUT2D eigenvalue weighted by Gasteiger charge is -2.45. The minimum Gasteiger partial charge on any atom is -0.342 e. The van der Waals surface area contributed by atoms with Gasteiger partial charge in [-0.1, -0.05) is 0 Å². The van der Waals surface area contributed by atoms with Gasteiger partial charge in [-0.05, 0) is 75.4 Å². The second kappa shape index (κ2) is 7.76. The van der Waals surface area contributed by atoms with E-state index in [4.69, 9.17) is 0 Å². The van der Waals surface area contributed by atoms with Crippen LogP contribution in [-0.2, 0) is 10.2 Å². The first-order valence-corrected chi connectivity index (χ1v) is 11.7. The molecule has 1 aromatic carbocycles. The summed E-state index contributed by atoms with van der Waals surface area (Å²) in [6.07, 6.45) is 6.10. The lowest BCUT2D eigenvalue weighted by atomic mass is 9.74. The van der Waals surface area contributed by atoms with Crippen molar-refractivity contribution in [2.75, 3.05) is 51.7 Å². The van der Waals surface area contributed by atoms with Crippen LogP contribution in [0, 0.1) is 11.7 Å². The Kier molecular flexibility index (Phi) is 5.19. The first kappa shape index (κ1) is 20.7. The molecule has 1 aliphatic carbocycles. The summed E-state index contributed by atoms with van der Waals surface area (Å²) in [5.74, 6) is 0.445. The zero-order chi connectivity index (χ0) is 21.8. The first-order chi connectivity index (χ1) is 14.9. The van der Waals surface area contributed by atoms with Gasteiger partial charge in [-0.25, -0.2) is 9.18 Å². The molecule has 3 amide bonds. The summed E-state index contributed by atoms with van der Waals surface area (Å²) in [6.45, 7) is 4.30. The zero-order valence-corrected chi connectivity index (χ0v) is 18.6. The van der Waals surface area contributed by atoms with Crippen LogP contribution < -0.4 is 4.90 Å². The molecular weight excluding hydrogens is 395 g/mol. The molecule has 5 rings (SSSR count). The van der Waals surface area contributed by atoms with E-state index in [1.165, 1.54) is 6.07 Å². The number of piperidine rings is 2. The van der Waals surface area contributed by atoms with Crippen LogP contribution >= 0.6 is 0 Å². The lowest BCUT2D eigenvalue weighted by Crippen LogP contribution is -2.53. The Bertz CT molecular complexity index is 868. The molecule has 7 heteroatoms. The van der Waals surface area contributed by atoms with Gasteiger partial charge < -0.3 is 14.7 Å². The molecule has 31 heavy (non-hydrogen) atoms. The van der Waals surface area contributed by atoms with Crippen molar-refractivity contribution in [1.29, 1.82) is 0 Å². The van der Waals surface area contributed by atoms with Crippen molar-refractivity contribution in [2.45, 2.75) is 50.0 Å². The number of carbonyl (C=O) groups is 2. The normalized spacial score (nSPS) is 23.8. The number of benzene rings is 1. The van der Waals surface area contributed by atoms with Crippen LogP contribution in [0.15, 0.2) is 18.2 Å².